The number of aliphatic imine (C=N–C) groups is 3. The SMILES string of the molecule is Cc1ccc(N=NC2=NC3C(=O)NC(N)=NC3=N2)cc1. The Balaban J connectivity index is 1.81. The maximum absolute atomic E-state index is 11.6. The first-order valence-corrected chi connectivity index (χ1v) is 5.91. The third kappa shape index (κ3) is 2.30. The van der Waals surface area contributed by atoms with E-state index in [1.54, 1.807) is 0 Å². The van der Waals surface area contributed by atoms with Crippen LogP contribution in [0.1, 0.15) is 5.56 Å². The molecule has 0 saturated carbocycles. The molecule has 0 fully saturated rings. The molecule has 0 aromatic heterocycles. The molecular formula is C12H11N7O. The van der Waals surface area contributed by atoms with Crippen LogP contribution >= 0.6 is 0 Å². The topological polar surface area (TPSA) is 117 Å². The van der Waals surface area contributed by atoms with Crippen LogP contribution in [-0.4, -0.2) is 29.7 Å². The van der Waals surface area contributed by atoms with Crippen molar-refractivity contribution in [2.75, 3.05) is 0 Å². The standard InChI is InChI=1S/C12H11N7O/c1-6-2-4-7(5-3-6)18-19-12-14-8-9(16-12)15-11(13)17-10(8)20/h2-5,8H,1H3,(H3,13,14,15,16,17,20). The Hall–Kier alpha value is -2.90. The summed E-state index contributed by atoms with van der Waals surface area (Å²) in [5, 5.41) is 10.3. The number of amides is 1. The van der Waals surface area contributed by atoms with Crippen molar-refractivity contribution in [1.82, 2.24) is 5.32 Å². The summed E-state index contributed by atoms with van der Waals surface area (Å²) in [6.07, 6.45) is 0. The Labute approximate surface area is 114 Å². The van der Waals surface area contributed by atoms with Crippen LogP contribution in [-0.2, 0) is 4.79 Å². The number of carbonyl (C=O) groups excluding carboxylic acids is 1. The highest BCUT2D eigenvalue weighted by atomic mass is 16.2. The summed E-state index contributed by atoms with van der Waals surface area (Å²) in [4.78, 5) is 23.6. The molecule has 100 valence electrons. The first kappa shape index (κ1) is 12.2. The van der Waals surface area contributed by atoms with Crippen molar-refractivity contribution in [2.45, 2.75) is 13.0 Å². The van der Waals surface area contributed by atoms with Crippen molar-refractivity contribution >= 4 is 29.3 Å². The van der Waals surface area contributed by atoms with Crippen molar-refractivity contribution in [3.63, 3.8) is 0 Å². The van der Waals surface area contributed by atoms with Gasteiger partial charge in [-0.2, -0.15) is 9.98 Å². The summed E-state index contributed by atoms with van der Waals surface area (Å²) in [6, 6.07) is 6.73. The predicted molar refractivity (Wildman–Crippen MR) is 74.1 cm³/mol. The molecule has 1 atom stereocenters. The van der Waals surface area contributed by atoms with Crippen molar-refractivity contribution in [3.8, 4) is 0 Å². The Morgan fingerprint density at radius 1 is 1.20 bits per heavy atom. The van der Waals surface area contributed by atoms with Crippen molar-refractivity contribution in [3.05, 3.63) is 29.8 Å². The van der Waals surface area contributed by atoms with Gasteiger partial charge in [-0.3, -0.25) is 10.1 Å². The van der Waals surface area contributed by atoms with E-state index in [-0.39, 0.29) is 23.7 Å². The van der Waals surface area contributed by atoms with Crippen molar-refractivity contribution in [2.24, 2.45) is 30.9 Å². The largest absolute Gasteiger partial charge is 0.369 e. The fraction of sp³-hybridized carbons (Fsp3) is 0.167. The van der Waals surface area contributed by atoms with E-state index in [9.17, 15) is 4.79 Å². The number of benzene rings is 1. The number of aryl methyl sites for hydroxylation is 1. The molecule has 0 bridgehead atoms. The highest BCUT2D eigenvalue weighted by molar-refractivity contribution is 6.24. The lowest BCUT2D eigenvalue weighted by Crippen LogP contribution is -2.49. The van der Waals surface area contributed by atoms with Gasteiger partial charge in [-0.25, -0.2) is 4.99 Å². The van der Waals surface area contributed by atoms with E-state index in [2.05, 4.69) is 30.5 Å². The number of fused-ring (bicyclic) bond motifs is 1. The van der Waals surface area contributed by atoms with E-state index in [1.165, 1.54) is 0 Å². The fourth-order valence-corrected chi connectivity index (χ4v) is 1.74. The van der Waals surface area contributed by atoms with Crippen LogP contribution in [0.3, 0.4) is 0 Å². The molecule has 0 aliphatic carbocycles. The summed E-state index contributed by atoms with van der Waals surface area (Å²) in [5.41, 5.74) is 7.25. The van der Waals surface area contributed by atoms with Crippen LogP contribution in [0.5, 0.6) is 0 Å². The molecular weight excluding hydrogens is 258 g/mol. The Morgan fingerprint density at radius 3 is 2.70 bits per heavy atom. The molecule has 2 aliphatic rings. The summed E-state index contributed by atoms with van der Waals surface area (Å²) in [6.45, 7) is 1.99. The number of guanidine groups is 2. The third-order valence-electron chi connectivity index (χ3n) is 2.73. The minimum Gasteiger partial charge on any atom is -0.369 e. The second-order valence-electron chi connectivity index (χ2n) is 4.32. The molecule has 1 aromatic carbocycles. The van der Waals surface area contributed by atoms with Crippen LogP contribution in [0.25, 0.3) is 0 Å². The molecule has 1 aromatic rings. The first-order valence-electron chi connectivity index (χ1n) is 5.91. The van der Waals surface area contributed by atoms with Gasteiger partial charge in [0.25, 0.3) is 11.9 Å². The third-order valence-corrected chi connectivity index (χ3v) is 2.73. The number of nitrogens with two attached hydrogens (primary N) is 1. The second kappa shape index (κ2) is 4.65. The van der Waals surface area contributed by atoms with Gasteiger partial charge in [-0.05, 0) is 19.1 Å². The highest BCUT2D eigenvalue weighted by Gasteiger charge is 2.33. The first-order chi connectivity index (χ1) is 9.61. The number of hydrogen-bond acceptors (Lipinski definition) is 7. The van der Waals surface area contributed by atoms with E-state index in [4.69, 9.17) is 5.73 Å². The Bertz CT molecular complexity index is 684. The lowest BCUT2D eigenvalue weighted by molar-refractivity contribution is -0.119. The Kier molecular flexibility index (Phi) is 2.82. The zero-order valence-electron chi connectivity index (χ0n) is 10.6. The van der Waals surface area contributed by atoms with Crippen molar-refractivity contribution < 1.29 is 4.79 Å². The zero-order valence-corrected chi connectivity index (χ0v) is 10.6. The molecule has 0 spiro atoms. The molecule has 0 saturated heterocycles. The van der Waals surface area contributed by atoms with Crippen LogP contribution in [0.4, 0.5) is 5.69 Å². The molecule has 2 aliphatic heterocycles. The molecule has 8 heteroatoms. The molecule has 1 unspecified atom stereocenters. The minimum atomic E-state index is -0.783. The van der Waals surface area contributed by atoms with Gasteiger partial charge >= 0.3 is 0 Å². The molecule has 0 radical (unpaired) electrons. The van der Waals surface area contributed by atoms with E-state index < -0.39 is 6.04 Å². The average Bonchev–Trinajstić information content (AvgIpc) is 2.81. The fourth-order valence-electron chi connectivity index (χ4n) is 1.74. The van der Waals surface area contributed by atoms with Crippen LogP contribution in [0.2, 0.25) is 0 Å². The normalized spacial score (nSPS) is 21.1. The van der Waals surface area contributed by atoms with Gasteiger partial charge in [0.2, 0.25) is 5.96 Å². The summed E-state index contributed by atoms with van der Waals surface area (Å²) >= 11 is 0. The smallest absolute Gasteiger partial charge is 0.267 e. The van der Waals surface area contributed by atoms with E-state index in [0.29, 0.717) is 5.69 Å². The molecule has 2 heterocycles. The monoisotopic (exact) mass is 269 g/mol. The molecule has 8 nitrogen and oxygen atoms in total. The molecule has 3 N–H and O–H groups in total. The van der Waals surface area contributed by atoms with Gasteiger partial charge in [0.1, 0.15) is 0 Å². The van der Waals surface area contributed by atoms with E-state index >= 15 is 0 Å². The maximum atomic E-state index is 11.6. The number of nitrogens with zero attached hydrogens (tertiary/aromatic N) is 5. The number of rotatable bonds is 1. The van der Waals surface area contributed by atoms with Gasteiger partial charge in [0, 0.05) is 0 Å². The van der Waals surface area contributed by atoms with Crippen LogP contribution in [0.15, 0.2) is 49.5 Å². The van der Waals surface area contributed by atoms with Crippen LogP contribution < -0.4 is 11.1 Å². The van der Waals surface area contributed by atoms with Gasteiger partial charge in [-0.1, -0.05) is 17.7 Å². The number of azo groups is 1. The summed E-state index contributed by atoms with van der Waals surface area (Å²) in [7, 11) is 0. The second-order valence-corrected chi connectivity index (χ2v) is 4.32. The quantitative estimate of drug-likeness (QED) is 0.728. The number of carbonyl (C=O) groups is 1. The lowest BCUT2D eigenvalue weighted by Gasteiger charge is -2.13. The van der Waals surface area contributed by atoms with Gasteiger partial charge in [0.05, 0.1) is 5.69 Å². The molecule has 20 heavy (non-hydrogen) atoms. The average molecular weight is 269 g/mol. The Morgan fingerprint density at radius 2 is 1.95 bits per heavy atom. The van der Waals surface area contributed by atoms with Gasteiger partial charge in [0.15, 0.2) is 11.9 Å². The van der Waals surface area contributed by atoms with Crippen molar-refractivity contribution in [1.29, 1.82) is 0 Å². The number of nitrogens with one attached hydrogen (secondary N) is 1. The summed E-state index contributed by atoms with van der Waals surface area (Å²) in [5.74, 6) is -0.00279. The molecule has 3 rings (SSSR count). The zero-order chi connectivity index (χ0) is 14.1. The van der Waals surface area contributed by atoms with E-state index in [1.807, 2.05) is 31.2 Å². The predicted octanol–water partition coefficient (Wildman–Crippen LogP) is 0.660. The minimum absolute atomic E-state index is 0.0110. The van der Waals surface area contributed by atoms with Crippen LogP contribution in [0, 0.1) is 6.92 Å². The number of hydrogen-bond donors (Lipinski definition) is 2. The maximum Gasteiger partial charge on any atom is 0.267 e. The van der Waals surface area contributed by atoms with Gasteiger partial charge < -0.3 is 5.73 Å². The highest BCUT2D eigenvalue weighted by Crippen LogP contribution is 2.16. The summed E-state index contributed by atoms with van der Waals surface area (Å²) < 4.78 is 0. The number of amidine groups is 1. The van der Waals surface area contributed by atoms with Gasteiger partial charge in [-0.15, -0.1) is 10.2 Å². The van der Waals surface area contributed by atoms with E-state index in [0.717, 1.165) is 5.56 Å². The molecule has 1 amide bonds. The lowest BCUT2D eigenvalue weighted by atomic mass is 10.2.